The lowest BCUT2D eigenvalue weighted by Gasteiger charge is -2.08. The summed E-state index contributed by atoms with van der Waals surface area (Å²) in [6, 6.07) is 8.82. The van der Waals surface area contributed by atoms with Gasteiger partial charge in [0.2, 0.25) is 5.88 Å². The predicted molar refractivity (Wildman–Crippen MR) is 67.6 cm³/mol. The van der Waals surface area contributed by atoms with Gasteiger partial charge in [0.05, 0.1) is 5.52 Å². The molecule has 0 bridgehead atoms. The summed E-state index contributed by atoms with van der Waals surface area (Å²) in [6.07, 6.45) is 5.52. The standard InChI is InChI=1S/C14H11NO3/c1-2-3-8-18-13-11(14(16)17)9-10-6-4-5-7-12(10)15-13/h1,4-7,9H,3,8H2,(H,16,17). The molecule has 2 rings (SSSR count). The van der Waals surface area contributed by atoms with E-state index in [9.17, 15) is 4.79 Å². The third kappa shape index (κ3) is 2.41. The zero-order valence-corrected chi connectivity index (χ0v) is 9.59. The maximum absolute atomic E-state index is 11.1. The van der Waals surface area contributed by atoms with E-state index in [1.807, 2.05) is 12.1 Å². The maximum atomic E-state index is 11.1. The van der Waals surface area contributed by atoms with Gasteiger partial charge in [-0.2, -0.15) is 0 Å². The first kappa shape index (κ1) is 11.9. The van der Waals surface area contributed by atoms with Crippen molar-refractivity contribution in [3.8, 4) is 18.2 Å². The number of para-hydroxylation sites is 1. The number of ether oxygens (including phenoxy) is 1. The van der Waals surface area contributed by atoms with Crippen molar-refractivity contribution in [2.75, 3.05) is 6.61 Å². The fourth-order valence-electron chi connectivity index (χ4n) is 1.57. The molecule has 1 aromatic heterocycles. The molecule has 0 fully saturated rings. The van der Waals surface area contributed by atoms with Gasteiger partial charge in [0.25, 0.3) is 0 Å². The number of aromatic nitrogens is 1. The van der Waals surface area contributed by atoms with Crippen LogP contribution in [0.2, 0.25) is 0 Å². The first-order valence-corrected chi connectivity index (χ1v) is 5.41. The van der Waals surface area contributed by atoms with E-state index >= 15 is 0 Å². The van der Waals surface area contributed by atoms with Crippen LogP contribution in [0.15, 0.2) is 30.3 Å². The number of hydrogen-bond donors (Lipinski definition) is 1. The monoisotopic (exact) mass is 241 g/mol. The van der Waals surface area contributed by atoms with Crippen LogP contribution in [-0.4, -0.2) is 22.7 Å². The number of carboxylic acid groups (broad SMARTS) is 1. The molecule has 0 unspecified atom stereocenters. The Morgan fingerprint density at radius 3 is 2.94 bits per heavy atom. The largest absolute Gasteiger partial charge is 0.477 e. The fourth-order valence-corrected chi connectivity index (χ4v) is 1.57. The third-order valence-electron chi connectivity index (χ3n) is 2.40. The van der Waals surface area contributed by atoms with Crippen molar-refractivity contribution in [2.24, 2.45) is 0 Å². The Balaban J connectivity index is 2.45. The summed E-state index contributed by atoms with van der Waals surface area (Å²) in [5.41, 5.74) is 0.740. The van der Waals surface area contributed by atoms with E-state index in [2.05, 4.69) is 10.9 Å². The second-order valence-corrected chi connectivity index (χ2v) is 3.64. The van der Waals surface area contributed by atoms with Crippen molar-refractivity contribution >= 4 is 16.9 Å². The van der Waals surface area contributed by atoms with Crippen LogP contribution in [0.5, 0.6) is 5.88 Å². The van der Waals surface area contributed by atoms with Crippen LogP contribution >= 0.6 is 0 Å². The smallest absolute Gasteiger partial charge is 0.341 e. The molecule has 1 N–H and O–H groups in total. The SMILES string of the molecule is C#CCCOc1nc2ccccc2cc1C(=O)O. The lowest BCUT2D eigenvalue weighted by molar-refractivity contribution is 0.0691. The van der Waals surface area contributed by atoms with Crippen LogP contribution in [0, 0.1) is 12.3 Å². The number of hydrogen-bond acceptors (Lipinski definition) is 3. The Hall–Kier alpha value is -2.54. The number of pyridine rings is 1. The van der Waals surface area contributed by atoms with Gasteiger partial charge in [0.15, 0.2) is 0 Å². The van der Waals surface area contributed by atoms with E-state index in [0.29, 0.717) is 11.9 Å². The Morgan fingerprint density at radius 2 is 2.22 bits per heavy atom. The Labute approximate surface area is 104 Å². The molecule has 0 aliphatic heterocycles. The number of nitrogens with zero attached hydrogens (tertiary/aromatic N) is 1. The molecular formula is C14H11NO3. The van der Waals surface area contributed by atoms with Gasteiger partial charge in [-0.1, -0.05) is 18.2 Å². The molecular weight excluding hydrogens is 230 g/mol. The fraction of sp³-hybridized carbons (Fsp3) is 0.143. The number of benzene rings is 1. The number of terminal acetylenes is 1. The quantitative estimate of drug-likeness (QED) is 0.659. The minimum Gasteiger partial charge on any atom is -0.477 e. The van der Waals surface area contributed by atoms with Gasteiger partial charge in [0, 0.05) is 11.8 Å². The molecule has 0 aliphatic carbocycles. The van der Waals surface area contributed by atoms with Gasteiger partial charge in [-0.15, -0.1) is 12.3 Å². The van der Waals surface area contributed by atoms with Gasteiger partial charge in [-0.3, -0.25) is 0 Å². The molecule has 0 amide bonds. The lowest BCUT2D eigenvalue weighted by Crippen LogP contribution is -2.06. The van der Waals surface area contributed by atoms with E-state index < -0.39 is 5.97 Å². The summed E-state index contributed by atoms with van der Waals surface area (Å²) in [7, 11) is 0. The molecule has 0 spiro atoms. The molecule has 18 heavy (non-hydrogen) atoms. The number of fused-ring (bicyclic) bond motifs is 1. The number of rotatable bonds is 4. The van der Waals surface area contributed by atoms with Crippen molar-refractivity contribution < 1.29 is 14.6 Å². The maximum Gasteiger partial charge on any atom is 0.341 e. The van der Waals surface area contributed by atoms with Crippen LogP contribution in [-0.2, 0) is 0 Å². The Kier molecular flexibility index (Phi) is 3.44. The van der Waals surface area contributed by atoms with E-state index in [1.165, 1.54) is 0 Å². The summed E-state index contributed by atoms with van der Waals surface area (Å²) < 4.78 is 5.31. The number of carboxylic acids is 1. The lowest BCUT2D eigenvalue weighted by atomic mass is 10.1. The van der Waals surface area contributed by atoms with Crippen molar-refractivity contribution in [3.63, 3.8) is 0 Å². The third-order valence-corrected chi connectivity index (χ3v) is 2.40. The molecule has 4 heteroatoms. The minimum absolute atomic E-state index is 0.0470. The van der Waals surface area contributed by atoms with E-state index in [0.717, 1.165) is 5.39 Å². The second kappa shape index (κ2) is 5.19. The van der Waals surface area contributed by atoms with E-state index in [4.69, 9.17) is 16.3 Å². The van der Waals surface area contributed by atoms with E-state index in [-0.39, 0.29) is 18.1 Å². The van der Waals surface area contributed by atoms with Crippen LogP contribution in [0.4, 0.5) is 0 Å². The first-order chi connectivity index (χ1) is 8.72. The van der Waals surface area contributed by atoms with Gasteiger partial charge in [-0.05, 0) is 12.1 Å². The average molecular weight is 241 g/mol. The number of carbonyl (C=O) groups is 1. The molecule has 90 valence electrons. The molecule has 2 aromatic rings. The summed E-state index contributed by atoms with van der Waals surface area (Å²) >= 11 is 0. The highest BCUT2D eigenvalue weighted by Gasteiger charge is 2.14. The van der Waals surface area contributed by atoms with Gasteiger partial charge in [0.1, 0.15) is 12.2 Å². The summed E-state index contributed by atoms with van der Waals surface area (Å²) in [6.45, 7) is 0.252. The van der Waals surface area contributed by atoms with Gasteiger partial charge >= 0.3 is 5.97 Å². The summed E-state index contributed by atoms with van der Waals surface area (Å²) in [4.78, 5) is 15.3. The van der Waals surface area contributed by atoms with Crippen molar-refractivity contribution in [1.82, 2.24) is 4.98 Å². The van der Waals surface area contributed by atoms with Crippen molar-refractivity contribution in [3.05, 3.63) is 35.9 Å². The highest BCUT2D eigenvalue weighted by molar-refractivity contribution is 5.95. The summed E-state index contributed by atoms with van der Waals surface area (Å²) in [5.74, 6) is 1.47. The molecule has 0 radical (unpaired) electrons. The van der Waals surface area contributed by atoms with Crippen molar-refractivity contribution in [1.29, 1.82) is 0 Å². The highest BCUT2D eigenvalue weighted by atomic mass is 16.5. The summed E-state index contributed by atoms with van der Waals surface area (Å²) in [5, 5.41) is 9.88. The zero-order chi connectivity index (χ0) is 13.0. The van der Waals surface area contributed by atoms with Gasteiger partial charge < -0.3 is 9.84 Å². The Bertz CT molecular complexity index is 628. The predicted octanol–water partition coefficient (Wildman–Crippen LogP) is 2.34. The highest BCUT2D eigenvalue weighted by Crippen LogP contribution is 2.22. The van der Waals surface area contributed by atoms with Crippen LogP contribution in [0.3, 0.4) is 0 Å². The molecule has 0 saturated heterocycles. The molecule has 0 atom stereocenters. The average Bonchev–Trinajstić information content (AvgIpc) is 2.38. The Morgan fingerprint density at radius 1 is 1.44 bits per heavy atom. The zero-order valence-electron chi connectivity index (χ0n) is 9.59. The van der Waals surface area contributed by atoms with Crippen LogP contribution in [0.25, 0.3) is 10.9 Å². The first-order valence-electron chi connectivity index (χ1n) is 5.41. The molecule has 0 aliphatic rings. The van der Waals surface area contributed by atoms with E-state index in [1.54, 1.807) is 18.2 Å². The van der Waals surface area contributed by atoms with Gasteiger partial charge in [-0.25, -0.2) is 9.78 Å². The molecule has 4 nitrogen and oxygen atoms in total. The van der Waals surface area contributed by atoms with Crippen molar-refractivity contribution in [2.45, 2.75) is 6.42 Å². The molecule has 1 aromatic carbocycles. The minimum atomic E-state index is -1.07. The number of aromatic carboxylic acids is 1. The second-order valence-electron chi connectivity index (χ2n) is 3.64. The normalized spacial score (nSPS) is 9.94. The van der Waals surface area contributed by atoms with Crippen LogP contribution in [0.1, 0.15) is 16.8 Å². The topological polar surface area (TPSA) is 59.4 Å². The van der Waals surface area contributed by atoms with Crippen LogP contribution < -0.4 is 4.74 Å². The molecule has 1 heterocycles. The molecule has 0 saturated carbocycles.